The Labute approximate surface area is 93.8 Å². The van der Waals surface area contributed by atoms with Crippen molar-refractivity contribution >= 4 is 18.2 Å². The molecule has 0 aliphatic heterocycles. The van der Waals surface area contributed by atoms with E-state index in [1.165, 1.54) is 6.08 Å². The molecule has 0 saturated carbocycles. The average Bonchev–Trinajstić information content (AvgIpc) is 2.30. The molecule has 0 unspecified atom stereocenters. The van der Waals surface area contributed by atoms with Crippen LogP contribution in [0.2, 0.25) is 0 Å². The van der Waals surface area contributed by atoms with Crippen LogP contribution in [0.15, 0.2) is 12.2 Å². The van der Waals surface area contributed by atoms with Crippen molar-refractivity contribution in [2.75, 3.05) is 6.54 Å². The molecule has 0 aromatic rings. The minimum Gasteiger partial charge on any atom is -0.373 e. The Morgan fingerprint density at radius 1 is 1.25 bits per heavy atom. The third-order valence-corrected chi connectivity index (χ3v) is 1.81. The van der Waals surface area contributed by atoms with Gasteiger partial charge in [-0.2, -0.15) is 5.90 Å². The molecule has 1 amide bonds. The summed E-state index contributed by atoms with van der Waals surface area (Å²) in [7, 11) is 0. The lowest BCUT2D eigenvalue weighted by Gasteiger charge is -2.01. The van der Waals surface area contributed by atoms with Crippen molar-refractivity contribution in [3.05, 3.63) is 12.2 Å². The van der Waals surface area contributed by atoms with Crippen LogP contribution >= 0.6 is 0 Å². The molecule has 0 bridgehead atoms. The van der Waals surface area contributed by atoms with Gasteiger partial charge in [0.15, 0.2) is 0 Å². The van der Waals surface area contributed by atoms with E-state index < -0.39 is 5.97 Å². The van der Waals surface area contributed by atoms with E-state index in [0.29, 0.717) is 19.3 Å². The number of amides is 1. The molecule has 0 atom stereocenters. The van der Waals surface area contributed by atoms with Crippen LogP contribution in [0.5, 0.6) is 0 Å². The first-order valence-electron chi connectivity index (χ1n) is 5.00. The summed E-state index contributed by atoms with van der Waals surface area (Å²) in [4.78, 5) is 35.4. The van der Waals surface area contributed by atoms with E-state index >= 15 is 0 Å². The van der Waals surface area contributed by atoms with Crippen LogP contribution in [0.3, 0.4) is 0 Å². The fourth-order valence-electron chi connectivity index (χ4n) is 1.03. The fraction of sp³-hybridized carbons (Fsp3) is 0.500. The number of nitrogens with two attached hydrogens (primary N) is 1. The molecule has 0 aliphatic rings. The zero-order valence-corrected chi connectivity index (χ0v) is 8.98. The normalized spacial score (nSPS) is 10.1. The molecule has 0 aromatic heterocycles. The van der Waals surface area contributed by atoms with Gasteiger partial charge in [0, 0.05) is 19.0 Å². The molecule has 0 heterocycles. The zero-order valence-electron chi connectivity index (χ0n) is 8.98. The molecule has 6 heteroatoms. The summed E-state index contributed by atoms with van der Waals surface area (Å²) < 4.78 is 0. The molecule has 0 saturated heterocycles. The Morgan fingerprint density at radius 3 is 2.62 bits per heavy atom. The second-order valence-corrected chi connectivity index (χ2v) is 3.09. The standard InChI is InChI=1S/C10H16N2O4/c11-16-10(15)6-2-1-3-7-12-9(14)5-4-8-13/h4-5,8H,1-3,6-7,11H2,(H,12,14)/b5-4-. The smallest absolute Gasteiger partial charge is 0.324 e. The lowest BCUT2D eigenvalue weighted by Crippen LogP contribution is -2.22. The molecular weight excluding hydrogens is 212 g/mol. The number of hydrogen-bond donors (Lipinski definition) is 2. The zero-order chi connectivity index (χ0) is 12.2. The SMILES string of the molecule is NOC(=O)CCCCCNC(=O)/C=C\C=O. The monoisotopic (exact) mass is 228 g/mol. The molecule has 0 radical (unpaired) electrons. The van der Waals surface area contributed by atoms with Crippen molar-refractivity contribution in [3.63, 3.8) is 0 Å². The van der Waals surface area contributed by atoms with Crippen LogP contribution in [0.4, 0.5) is 0 Å². The highest BCUT2D eigenvalue weighted by Gasteiger charge is 2.00. The number of carbonyl (C=O) groups is 3. The van der Waals surface area contributed by atoms with Crippen LogP contribution in [0, 0.1) is 0 Å². The van der Waals surface area contributed by atoms with Crippen molar-refractivity contribution in [3.8, 4) is 0 Å². The highest BCUT2D eigenvalue weighted by molar-refractivity contribution is 5.90. The summed E-state index contributed by atoms with van der Waals surface area (Å²) in [5.74, 6) is 3.93. The maximum atomic E-state index is 10.9. The predicted octanol–water partition coefficient (Wildman–Crippen LogP) is -0.165. The van der Waals surface area contributed by atoms with Gasteiger partial charge >= 0.3 is 5.97 Å². The van der Waals surface area contributed by atoms with Crippen LogP contribution in [0.25, 0.3) is 0 Å². The van der Waals surface area contributed by atoms with Gasteiger partial charge < -0.3 is 10.2 Å². The van der Waals surface area contributed by atoms with Crippen molar-refractivity contribution < 1.29 is 19.2 Å². The van der Waals surface area contributed by atoms with Gasteiger partial charge in [-0.25, -0.2) is 0 Å². The first-order valence-corrected chi connectivity index (χ1v) is 5.00. The van der Waals surface area contributed by atoms with Gasteiger partial charge in [0.1, 0.15) is 6.29 Å². The lowest BCUT2D eigenvalue weighted by molar-refractivity contribution is -0.144. The summed E-state index contributed by atoms with van der Waals surface area (Å²) in [6, 6.07) is 0. The molecule has 0 spiro atoms. The van der Waals surface area contributed by atoms with Crippen LogP contribution in [0.1, 0.15) is 25.7 Å². The lowest BCUT2D eigenvalue weighted by atomic mass is 10.2. The van der Waals surface area contributed by atoms with Gasteiger partial charge in [-0.05, 0) is 18.9 Å². The molecule has 16 heavy (non-hydrogen) atoms. The minimum absolute atomic E-state index is 0.287. The van der Waals surface area contributed by atoms with Gasteiger partial charge in [-0.1, -0.05) is 6.42 Å². The minimum atomic E-state index is -0.432. The highest BCUT2D eigenvalue weighted by Crippen LogP contribution is 1.99. The largest absolute Gasteiger partial charge is 0.373 e. The van der Waals surface area contributed by atoms with Crippen LogP contribution in [-0.4, -0.2) is 24.7 Å². The summed E-state index contributed by atoms with van der Waals surface area (Å²) in [6.45, 7) is 0.514. The molecule has 3 N–H and O–H groups in total. The van der Waals surface area contributed by atoms with E-state index in [2.05, 4.69) is 16.1 Å². The molecule has 0 fully saturated rings. The Bertz CT molecular complexity index is 264. The fourth-order valence-corrected chi connectivity index (χ4v) is 1.03. The van der Waals surface area contributed by atoms with E-state index in [9.17, 15) is 14.4 Å². The number of aldehydes is 1. The summed E-state index contributed by atoms with van der Waals surface area (Å²) in [5, 5.41) is 2.59. The second-order valence-electron chi connectivity index (χ2n) is 3.09. The Hall–Kier alpha value is -1.69. The number of unbranched alkanes of at least 4 members (excludes halogenated alkanes) is 2. The summed E-state index contributed by atoms with van der Waals surface area (Å²) in [6.07, 6.45) is 5.36. The number of rotatable bonds is 8. The van der Waals surface area contributed by atoms with Crippen LogP contribution in [-0.2, 0) is 19.2 Å². The topological polar surface area (TPSA) is 98.5 Å². The van der Waals surface area contributed by atoms with Gasteiger partial charge in [0.25, 0.3) is 0 Å². The Kier molecular flexibility index (Phi) is 8.81. The number of carbonyl (C=O) groups excluding carboxylic acids is 3. The molecule has 90 valence electrons. The predicted molar refractivity (Wildman–Crippen MR) is 57.0 cm³/mol. The Morgan fingerprint density at radius 2 is 2.00 bits per heavy atom. The van der Waals surface area contributed by atoms with E-state index in [0.717, 1.165) is 18.9 Å². The summed E-state index contributed by atoms with van der Waals surface area (Å²) in [5.41, 5.74) is 0. The maximum absolute atomic E-state index is 10.9. The molecule has 0 aliphatic carbocycles. The van der Waals surface area contributed by atoms with E-state index in [1.54, 1.807) is 0 Å². The summed E-state index contributed by atoms with van der Waals surface area (Å²) >= 11 is 0. The van der Waals surface area contributed by atoms with Crippen molar-refractivity contribution in [1.29, 1.82) is 0 Å². The van der Waals surface area contributed by atoms with E-state index in [1.807, 2.05) is 0 Å². The third-order valence-electron chi connectivity index (χ3n) is 1.81. The quantitative estimate of drug-likeness (QED) is 0.260. The van der Waals surface area contributed by atoms with Gasteiger partial charge in [-0.15, -0.1) is 0 Å². The highest BCUT2D eigenvalue weighted by atomic mass is 16.7. The van der Waals surface area contributed by atoms with Crippen LogP contribution < -0.4 is 11.2 Å². The van der Waals surface area contributed by atoms with Crippen molar-refractivity contribution in [2.45, 2.75) is 25.7 Å². The van der Waals surface area contributed by atoms with Gasteiger partial charge in [0.2, 0.25) is 5.91 Å². The van der Waals surface area contributed by atoms with Gasteiger partial charge in [-0.3, -0.25) is 14.4 Å². The van der Waals surface area contributed by atoms with E-state index in [4.69, 9.17) is 0 Å². The second kappa shape index (κ2) is 9.85. The molecule has 0 rings (SSSR count). The third kappa shape index (κ3) is 8.89. The number of nitrogens with one attached hydrogen (secondary N) is 1. The first kappa shape index (κ1) is 14.3. The van der Waals surface area contributed by atoms with E-state index in [-0.39, 0.29) is 12.3 Å². The number of hydrogen-bond acceptors (Lipinski definition) is 5. The maximum Gasteiger partial charge on any atom is 0.324 e. The van der Waals surface area contributed by atoms with Crippen molar-refractivity contribution in [2.24, 2.45) is 5.90 Å². The first-order chi connectivity index (χ1) is 7.70. The molecule has 6 nitrogen and oxygen atoms in total. The Balaban J connectivity index is 3.33. The molecular formula is C10H16N2O4. The number of allylic oxidation sites excluding steroid dienone is 1. The van der Waals surface area contributed by atoms with Crippen molar-refractivity contribution in [1.82, 2.24) is 5.32 Å². The average molecular weight is 228 g/mol. The molecule has 0 aromatic carbocycles. The van der Waals surface area contributed by atoms with Gasteiger partial charge in [0.05, 0.1) is 0 Å².